The van der Waals surface area contributed by atoms with Crippen molar-refractivity contribution in [2.75, 3.05) is 19.6 Å². The first-order valence-corrected chi connectivity index (χ1v) is 10.8. The number of nitrogens with zero attached hydrogens (tertiary/aromatic N) is 1. The minimum atomic E-state index is -3.73. The van der Waals surface area contributed by atoms with Crippen LogP contribution in [0.25, 0.3) is 0 Å². The molecule has 146 valence electrons. The van der Waals surface area contributed by atoms with E-state index in [1.54, 1.807) is 0 Å². The largest absolute Gasteiger partial charge is 0.355 e. The number of sulfonamides is 1. The summed E-state index contributed by atoms with van der Waals surface area (Å²) in [6, 6.07) is 16.0. The summed E-state index contributed by atoms with van der Waals surface area (Å²) in [4.78, 5) is 12.4. The van der Waals surface area contributed by atoms with Crippen molar-refractivity contribution in [2.24, 2.45) is 0 Å². The number of carbonyl (C=O) groups is 1. The average Bonchev–Trinajstić information content (AvgIpc) is 2.66. The average molecular weight is 409 g/mol. The van der Waals surface area contributed by atoms with Gasteiger partial charge in [-0.05, 0) is 49.1 Å². The highest BCUT2D eigenvalue weighted by atomic mass is 35.5. The van der Waals surface area contributed by atoms with Gasteiger partial charge in [-0.3, -0.25) is 4.79 Å². The molecule has 0 fully saturated rings. The van der Waals surface area contributed by atoms with E-state index in [0.29, 0.717) is 18.0 Å². The van der Waals surface area contributed by atoms with Crippen LogP contribution in [0.3, 0.4) is 0 Å². The molecule has 2 aromatic rings. The Kier molecular flexibility index (Phi) is 8.28. The first-order valence-electron chi connectivity index (χ1n) is 9.00. The Hall–Kier alpha value is -1.89. The van der Waals surface area contributed by atoms with Crippen molar-refractivity contribution in [2.45, 2.75) is 31.1 Å². The van der Waals surface area contributed by atoms with Gasteiger partial charge in [-0.15, -0.1) is 0 Å². The lowest BCUT2D eigenvalue weighted by molar-refractivity contribution is -0.121. The van der Waals surface area contributed by atoms with Crippen LogP contribution in [0.2, 0.25) is 5.02 Å². The molecule has 0 atom stereocenters. The number of halogens is 1. The fraction of sp³-hybridized carbons (Fsp3) is 0.350. The molecular formula is C20H25ClN2O3S. The van der Waals surface area contributed by atoms with Crippen LogP contribution in [0.5, 0.6) is 0 Å². The van der Waals surface area contributed by atoms with Crippen molar-refractivity contribution in [3.8, 4) is 0 Å². The van der Waals surface area contributed by atoms with Gasteiger partial charge < -0.3 is 5.32 Å². The van der Waals surface area contributed by atoms with Crippen LogP contribution in [0, 0.1) is 0 Å². The molecule has 0 aliphatic rings. The third-order valence-corrected chi connectivity index (χ3v) is 6.16. The summed E-state index contributed by atoms with van der Waals surface area (Å²) >= 11 is 5.83. The first-order chi connectivity index (χ1) is 12.9. The number of hydrogen-bond donors (Lipinski definition) is 1. The predicted octanol–water partition coefficient (Wildman–Crippen LogP) is 3.49. The lowest BCUT2D eigenvalue weighted by Crippen LogP contribution is -2.41. The molecule has 1 N–H and O–H groups in total. The maximum absolute atomic E-state index is 12.8. The zero-order valence-corrected chi connectivity index (χ0v) is 17.0. The van der Waals surface area contributed by atoms with Gasteiger partial charge in [-0.1, -0.05) is 48.9 Å². The van der Waals surface area contributed by atoms with Crippen LogP contribution < -0.4 is 5.32 Å². The fourth-order valence-electron chi connectivity index (χ4n) is 2.67. The van der Waals surface area contributed by atoms with Crippen molar-refractivity contribution in [1.82, 2.24) is 9.62 Å². The highest BCUT2D eigenvalue weighted by Gasteiger charge is 2.25. The normalized spacial score (nSPS) is 11.5. The summed E-state index contributed by atoms with van der Waals surface area (Å²) < 4.78 is 26.8. The van der Waals surface area contributed by atoms with Crippen LogP contribution in [-0.2, 0) is 21.2 Å². The second-order valence-electron chi connectivity index (χ2n) is 6.23. The van der Waals surface area contributed by atoms with E-state index in [4.69, 9.17) is 11.6 Å². The number of aryl methyl sites for hydroxylation is 1. The number of nitrogens with one attached hydrogen (secondary N) is 1. The van der Waals surface area contributed by atoms with E-state index in [2.05, 4.69) is 5.32 Å². The van der Waals surface area contributed by atoms with Crippen LogP contribution in [-0.4, -0.2) is 38.3 Å². The zero-order chi connectivity index (χ0) is 19.7. The molecule has 27 heavy (non-hydrogen) atoms. The Bertz CT molecular complexity index is 824. The molecule has 2 aromatic carbocycles. The molecule has 7 heteroatoms. The van der Waals surface area contributed by atoms with Crippen molar-refractivity contribution >= 4 is 27.5 Å². The number of hydrogen-bond acceptors (Lipinski definition) is 3. The van der Waals surface area contributed by atoms with E-state index in [-0.39, 0.29) is 23.9 Å². The number of amides is 1. The lowest BCUT2D eigenvalue weighted by atomic mass is 10.1. The maximum Gasteiger partial charge on any atom is 0.243 e. The van der Waals surface area contributed by atoms with Gasteiger partial charge in [0.1, 0.15) is 0 Å². The summed E-state index contributed by atoms with van der Waals surface area (Å²) in [6.07, 6.45) is 2.28. The Morgan fingerprint density at radius 2 is 1.74 bits per heavy atom. The topological polar surface area (TPSA) is 66.5 Å². The molecule has 0 unspecified atom stereocenters. The van der Waals surface area contributed by atoms with Gasteiger partial charge in [0.05, 0.1) is 11.4 Å². The van der Waals surface area contributed by atoms with Gasteiger partial charge in [-0.2, -0.15) is 4.31 Å². The van der Waals surface area contributed by atoms with Crippen LogP contribution in [0.4, 0.5) is 0 Å². The number of rotatable bonds is 10. The molecular weight excluding hydrogens is 384 g/mol. The second kappa shape index (κ2) is 10.4. The minimum absolute atomic E-state index is 0.136. The van der Waals surface area contributed by atoms with Crippen LogP contribution >= 0.6 is 11.6 Å². The molecule has 2 rings (SSSR count). The molecule has 1 amide bonds. The summed E-state index contributed by atoms with van der Waals surface area (Å²) in [5.74, 6) is -0.297. The smallest absolute Gasteiger partial charge is 0.243 e. The van der Waals surface area contributed by atoms with E-state index in [1.165, 1.54) is 34.1 Å². The third kappa shape index (κ3) is 6.65. The molecule has 5 nitrogen and oxygen atoms in total. The summed E-state index contributed by atoms with van der Waals surface area (Å²) in [5.41, 5.74) is 1.21. The molecule has 0 aliphatic heterocycles. The molecule has 0 radical (unpaired) electrons. The SMILES string of the molecule is CCCN(CC(=O)NCCCc1ccccc1)S(=O)(=O)c1ccc(Cl)cc1. The summed E-state index contributed by atoms with van der Waals surface area (Å²) in [6.45, 7) is 2.48. The van der Waals surface area contributed by atoms with E-state index in [1.807, 2.05) is 37.3 Å². The predicted molar refractivity (Wildman–Crippen MR) is 108 cm³/mol. The Morgan fingerprint density at radius 1 is 1.07 bits per heavy atom. The number of benzene rings is 2. The molecule has 0 bridgehead atoms. The van der Waals surface area contributed by atoms with E-state index >= 15 is 0 Å². The van der Waals surface area contributed by atoms with Crippen molar-refractivity contribution in [1.29, 1.82) is 0 Å². The van der Waals surface area contributed by atoms with Crippen LogP contribution in [0.15, 0.2) is 59.5 Å². The molecule has 0 saturated carbocycles. The van der Waals surface area contributed by atoms with Crippen molar-refractivity contribution in [3.63, 3.8) is 0 Å². The number of carbonyl (C=O) groups excluding carboxylic acids is 1. The lowest BCUT2D eigenvalue weighted by Gasteiger charge is -2.21. The van der Waals surface area contributed by atoms with Crippen molar-refractivity contribution < 1.29 is 13.2 Å². The molecule has 0 aromatic heterocycles. The second-order valence-corrected chi connectivity index (χ2v) is 8.61. The van der Waals surface area contributed by atoms with E-state index < -0.39 is 10.0 Å². The minimum Gasteiger partial charge on any atom is -0.355 e. The van der Waals surface area contributed by atoms with E-state index in [9.17, 15) is 13.2 Å². The Morgan fingerprint density at radius 3 is 2.37 bits per heavy atom. The quantitative estimate of drug-likeness (QED) is 0.612. The van der Waals surface area contributed by atoms with Gasteiger partial charge in [-0.25, -0.2) is 8.42 Å². The van der Waals surface area contributed by atoms with Gasteiger partial charge in [0, 0.05) is 18.1 Å². The van der Waals surface area contributed by atoms with Gasteiger partial charge in [0.2, 0.25) is 15.9 Å². The maximum atomic E-state index is 12.8. The summed E-state index contributed by atoms with van der Waals surface area (Å²) in [7, 11) is -3.73. The molecule has 0 saturated heterocycles. The Balaban J connectivity index is 1.90. The zero-order valence-electron chi connectivity index (χ0n) is 15.4. The summed E-state index contributed by atoms with van der Waals surface area (Å²) in [5, 5.41) is 3.27. The van der Waals surface area contributed by atoms with E-state index in [0.717, 1.165) is 12.8 Å². The third-order valence-electron chi connectivity index (χ3n) is 4.05. The molecule has 0 aliphatic carbocycles. The fourth-order valence-corrected chi connectivity index (χ4v) is 4.28. The van der Waals surface area contributed by atoms with Crippen molar-refractivity contribution in [3.05, 3.63) is 65.2 Å². The van der Waals surface area contributed by atoms with Crippen LogP contribution in [0.1, 0.15) is 25.3 Å². The highest BCUT2D eigenvalue weighted by Crippen LogP contribution is 2.18. The monoisotopic (exact) mass is 408 g/mol. The van der Waals surface area contributed by atoms with Gasteiger partial charge in [0.15, 0.2) is 0 Å². The Labute approximate surface area is 166 Å². The first kappa shape index (κ1) is 21.4. The highest BCUT2D eigenvalue weighted by molar-refractivity contribution is 7.89. The molecule has 0 spiro atoms. The van der Waals surface area contributed by atoms with Gasteiger partial charge >= 0.3 is 0 Å². The standard InChI is InChI=1S/C20H25ClN2O3S/c1-2-15-23(27(25,26)19-12-10-18(21)11-13-19)16-20(24)22-14-6-9-17-7-4-3-5-8-17/h3-5,7-8,10-13H,2,6,9,14-16H2,1H3,(H,22,24). The van der Waals surface area contributed by atoms with Gasteiger partial charge in [0.25, 0.3) is 0 Å². The molecule has 0 heterocycles.